The summed E-state index contributed by atoms with van der Waals surface area (Å²) in [4.78, 5) is 13.9. The first-order valence-electron chi connectivity index (χ1n) is 7.60. The summed E-state index contributed by atoms with van der Waals surface area (Å²) in [6.45, 7) is 3.34. The van der Waals surface area contributed by atoms with Crippen LogP contribution in [-0.4, -0.2) is 25.5 Å². The van der Waals surface area contributed by atoms with Gasteiger partial charge < -0.3 is 10.2 Å². The van der Waals surface area contributed by atoms with Gasteiger partial charge in [0, 0.05) is 23.8 Å². The zero-order chi connectivity index (χ0) is 16.7. The molecule has 0 aromatic heterocycles. The zero-order valence-electron chi connectivity index (χ0n) is 13.1. The highest BCUT2D eigenvalue weighted by atomic mass is 35.5. The van der Waals surface area contributed by atoms with Crippen molar-refractivity contribution >= 4 is 23.2 Å². The summed E-state index contributed by atoms with van der Waals surface area (Å²) in [6.07, 6.45) is 0.745. The number of benzene rings is 2. The fourth-order valence-electron chi connectivity index (χ4n) is 2.29. The highest BCUT2D eigenvalue weighted by molar-refractivity contribution is 6.30. The largest absolute Gasteiger partial charge is 0.362 e. The van der Waals surface area contributed by atoms with Crippen LogP contribution in [0.15, 0.2) is 48.5 Å². The molecule has 0 aliphatic rings. The number of carbonyl (C=O) groups is 1. The minimum absolute atomic E-state index is 0.0786. The molecule has 0 fully saturated rings. The maximum Gasteiger partial charge on any atom is 0.239 e. The summed E-state index contributed by atoms with van der Waals surface area (Å²) in [5.74, 6) is -0.380. The highest BCUT2D eigenvalue weighted by Gasteiger charge is 2.10. The van der Waals surface area contributed by atoms with Crippen molar-refractivity contribution in [3.05, 3.63) is 64.9 Å². The predicted molar refractivity (Wildman–Crippen MR) is 92.5 cm³/mol. The quantitative estimate of drug-likeness (QED) is 0.838. The van der Waals surface area contributed by atoms with Crippen molar-refractivity contribution in [1.82, 2.24) is 5.32 Å². The fraction of sp³-hybridized carbons (Fsp3) is 0.278. The van der Waals surface area contributed by atoms with Crippen molar-refractivity contribution in [1.29, 1.82) is 0 Å². The number of anilines is 1. The molecule has 0 saturated carbocycles. The standard InChI is InChI=1S/C18H20ClFN2O/c1-2-22(17-5-3-4-16(20)12-17)13-18(23)21-11-10-14-6-8-15(19)9-7-14/h3-9,12H,2,10-11,13H2,1H3,(H,21,23). The number of nitrogens with zero attached hydrogens (tertiary/aromatic N) is 1. The minimum atomic E-state index is -0.302. The first-order chi connectivity index (χ1) is 11.1. The van der Waals surface area contributed by atoms with Gasteiger partial charge in [-0.15, -0.1) is 0 Å². The SMILES string of the molecule is CCN(CC(=O)NCCc1ccc(Cl)cc1)c1cccc(F)c1. The average Bonchev–Trinajstić information content (AvgIpc) is 2.54. The maximum atomic E-state index is 13.3. The van der Waals surface area contributed by atoms with Crippen molar-refractivity contribution in [3.8, 4) is 0 Å². The van der Waals surface area contributed by atoms with Gasteiger partial charge in [0.25, 0.3) is 0 Å². The number of amides is 1. The summed E-state index contributed by atoms with van der Waals surface area (Å²) in [5.41, 5.74) is 1.83. The normalized spacial score (nSPS) is 10.4. The predicted octanol–water partition coefficient (Wildman–Crippen LogP) is 3.66. The third kappa shape index (κ3) is 5.57. The van der Waals surface area contributed by atoms with E-state index >= 15 is 0 Å². The van der Waals surface area contributed by atoms with Gasteiger partial charge in [-0.3, -0.25) is 4.79 Å². The van der Waals surface area contributed by atoms with Crippen LogP contribution in [0.1, 0.15) is 12.5 Å². The Balaban J connectivity index is 1.82. The lowest BCUT2D eigenvalue weighted by Crippen LogP contribution is -2.38. The maximum absolute atomic E-state index is 13.3. The van der Waals surface area contributed by atoms with Crippen LogP contribution >= 0.6 is 11.6 Å². The second kappa shape index (κ2) is 8.53. The lowest BCUT2D eigenvalue weighted by atomic mass is 10.1. The molecule has 2 aromatic rings. The van der Waals surface area contributed by atoms with Crippen LogP contribution in [-0.2, 0) is 11.2 Å². The van der Waals surface area contributed by atoms with E-state index in [0.717, 1.165) is 12.0 Å². The van der Waals surface area contributed by atoms with Crippen LogP contribution < -0.4 is 10.2 Å². The molecule has 0 aliphatic heterocycles. The van der Waals surface area contributed by atoms with E-state index in [4.69, 9.17) is 11.6 Å². The average molecular weight is 335 g/mol. The van der Waals surface area contributed by atoms with Crippen LogP contribution in [0.4, 0.5) is 10.1 Å². The lowest BCUT2D eigenvalue weighted by molar-refractivity contribution is -0.119. The summed E-state index contributed by atoms with van der Waals surface area (Å²) >= 11 is 5.84. The van der Waals surface area contributed by atoms with Crippen LogP contribution in [0.25, 0.3) is 0 Å². The Hall–Kier alpha value is -2.07. The Morgan fingerprint density at radius 3 is 2.61 bits per heavy atom. The number of nitrogens with one attached hydrogen (secondary N) is 1. The molecule has 2 aromatic carbocycles. The highest BCUT2D eigenvalue weighted by Crippen LogP contribution is 2.15. The third-order valence-corrected chi connectivity index (χ3v) is 3.79. The van der Waals surface area contributed by atoms with Gasteiger partial charge in [0.1, 0.15) is 5.82 Å². The molecule has 1 amide bonds. The van der Waals surface area contributed by atoms with Gasteiger partial charge in [-0.2, -0.15) is 0 Å². The van der Waals surface area contributed by atoms with Crippen LogP contribution in [0, 0.1) is 5.82 Å². The molecule has 0 atom stereocenters. The van der Waals surface area contributed by atoms with Gasteiger partial charge in [0.15, 0.2) is 0 Å². The van der Waals surface area contributed by atoms with Gasteiger partial charge in [-0.1, -0.05) is 29.8 Å². The zero-order valence-corrected chi connectivity index (χ0v) is 13.8. The van der Waals surface area contributed by atoms with Crippen LogP contribution in [0.5, 0.6) is 0 Å². The molecule has 0 radical (unpaired) electrons. The first-order valence-corrected chi connectivity index (χ1v) is 7.98. The van der Waals surface area contributed by atoms with Crippen molar-refractivity contribution in [2.45, 2.75) is 13.3 Å². The number of halogens is 2. The van der Waals surface area contributed by atoms with E-state index < -0.39 is 0 Å². The van der Waals surface area contributed by atoms with Crippen LogP contribution in [0.3, 0.4) is 0 Å². The van der Waals surface area contributed by atoms with Gasteiger partial charge in [0.05, 0.1) is 6.54 Å². The van der Waals surface area contributed by atoms with Gasteiger partial charge >= 0.3 is 0 Å². The van der Waals surface area contributed by atoms with E-state index in [1.807, 2.05) is 36.1 Å². The smallest absolute Gasteiger partial charge is 0.239 e. The molecule has 0 spiro atoms. The molecule has 0 aliphatic carbocycles. The molecule has 5 heteroatoms. The van der Waals surface area contributed by atoms with Crippen molar-refractivity contribution in [2.75, 3.05) is 24.5 Å². The number of hydrogen-bond acceptors (Lipinski definition) is 2. The number of hydrogen-bond donors (Lipinski definition) is 1. The molecule has 0 unspecified atom stereocenters. The molecular formula is C18H20ClFN2O. The second-order valence-electron chi connectivity index (χ2n) is 5.22. The second-order valence-corrected chi connectivity index (χ2v) is 5.66. The Morgan fingerprint density at radius 2 is 1.96 bits per heavy atom. The number of rotatable bonds is 7. The molecular weight excluding hydrogens is 315 g/mol. The van der Waals surface area contributed by atoms with E-state index in [-0.39, 0.29) is 18.3 Å². The number of likely N-dealkylation sites (N-methyl/N-ethyl adjacent to an activating group) is 1. The van der Waals surface area contributed by atoms with Crippen molar-refractivity contribution in [3.63, 3.8) is 0 Å². The van der Waals surface area contributed by atoms with Gasteiger partial charge in [-0.05, 0) is 49.2 Å². The molecule has 23 heavy (non-hydrogen) atoms. The monoisotopic (exact) mass is 334 g/mol. The van der Waals surface area contributed by atoms with Gasteiger partial charge in [0.2, 0.25) is 5.91 Å². The number of carbonyl (C=O) groups excluding carboxylic acids is 1. The fourth-order valence-corrected chi connectivity index (χ4v) is 2.41. The summed E-state index contributed by atoms with van der Waals surface area (Å²) in [5, 5.41) is 3.59. The summed E-state index contributed by atoms with van der Waals surface area (Å²) < 4.78 is 13.3. The Labute approximate surface area is 141 Å². The summed E-state index contributed by atoms with van der Waals surface area (Å²) in [7, 11) is 0. The minimum Gasteiger partial charge on any atom is -0.362 e. The van der Waals surface area contributed by atoms with E-state index in [0.29, 0.717) is 23.8 Å². The molecule has 0 heterocycles. The topological polar surface area (TPSA) is 32.3 Å². The van der Waals surface area contributed by atoms with Crippen LogP contribution in [0.2, 0.25) is 5.02 Å². The van der Waals surface area contributed by atoms with E-state index in [9.17, 15) is 9.18 Å². The van der Waals surface area contributed by atoms with E-state index in [1.165, 1.54) is 12.1 Å². The lowest BCUT2D eigenvalue weighted by Gasteiger charge is -2.22. The first kappa shape index (κ1) is 17.3. The Morgan fingerprint density at radius 1 is 1.22 bits per heavy atom. The van der Waals surface area contributed by atoms with Crippen molar-refractivity contribution < 1.29 is 9.18 Å². The van der Waals surface area contributed by atoms with E-state index in [2.05, 4.69) is 5.32 Å². The Kier molecular flexibility index (Phi) is 6.41. The molecule has 0 bridgehead atoms. The van der Waals surface area contributed by atoms with E-state index in [1.54, 1.807) is 12.1 Å². The molecule has 3 nitrogen and oxygen atoms in total. The molecule has 122 valence electrons. The Bertz CT molecular complexity index is 646. The third-order valence-electron chi connectivity index (χ3n) is 3.54. The van der Waals surface area contributed by atoms with Crippen molar-refractivity contribution in [2.24, 2.45) is 0 Å². The summed E-state index contributed by atoms with van der Waals surface area (Å²) in [6, 6.07) is 13.8. The van der Waals surface area contributed by atoms with Gasteiger partial charge in [-0.25, -0.2) is 4.39 Å². The molecule has 0 saturated heterocycles. The molecule has 2 rings (SSSR count). The molecule has 1 N–H and O–H groups in total.